The molecule has 0 atom stereocenters. The van der Waals surface area contributed by atoms with Crippen LogP contribution in [0.3, 0.4) is 0 Å². The van der Waals surface area contributed by atoms with E-state index < -0.39 is 23.6 Å². The molecule has 1 heterocycles. The van der Waals surface area contributed by atoms with Crippen molar-refractivity contribution in [2.24, 2.45) is 0 Å². The molecule has 2 aromatic carbocycles. The van der Waals surface area contributed by atoms with Gasteiger partial charge in [0.05, 0.1) is 10.6 Å². The molecule has 26 heavy (non-hydrogen) atoms. The smallest absolute Gasteiger partial charge is 0.294 e. The largest absolute Gasteiger partial charge is 0.508 e. The Morgan fingerprint density at radius 3 is 2.46 bits per heavy atom. The predicted molar refractivity (Wildman–Crippen MR) is 97.5 cm³/mol. The topological polar surface area (TPSA) is 107 Å². The van der Waals surface area contributed by atoms with Crippen LogP contribution in [-0.2, 0) is 9.59 Å². The second kappa shape index (κ2) is 7.32. The average molecular weight is 370 g/mol. The lowest BCUT2D eigenvalue weighted by Crippen LogP contribution is -2.36. The predicted octanol–water partition coefficient (Wildman–Crippen LogP) is 2.77. The number of hydrogen-bond acceptors (Lipinski definition) is 6. The van der Waals surface area contributed by atoms with Crippen molar-refractivity contribution in [1.82, 2.24) is 4.90 Å². The maximum absolute atomic E-state index is 12.4. The SMILES string of the molecule is O=C(CN1C(=O)S/C(=C\c2ccc(O)cc2)C1=O)Nc1ccccc1O. The summed E-state index contributed by atoms with van der Waals surface area (Å²) in [6.07, 6.45) is 1.52. The number of imide groups is 1. The fraction of sp³-hybridized carbons (Fsp3) is 0.0556. The van der Waals surface area contributed by atoms with E-state index in [-0.39, 0.29) is 22.1 Å². The van der Waals surface area contributed by atoms with Gasteiger partial charge in [-0.25, -0.2) is 0 Å². The first-order chi connectivity index (χ1) is 12.4. The molecule has 3 amide bonds. The number of hydrogen-bond donors (Lipinski definition) is 3. The summed E-state index contributed by atoms with van der Waals surface area (Å²) < 4.78 is 0. The van der Waals surface area contributed by atoms with Gasteiger partial charge in [-0.05, 0) is 47.7 Å². The lowest BCUT2D eigenvalue weighted by atomic mass is 10.2. The van der Waals surface area contributed by atoms with Crippen molar-refractivity contribution in [2.75, 3.05) is 11.9 Å². The molecule has 0 radical (unpaired) electrons. The number of phenols is 2. The van der Waals surface area contributed by atoms with Gasteiger partial charge in [-0.2, -0.15) is 0 Å². The normalized spacial score (nSPS) is 15.5. The van der Waals surface area contributed by atoms with Crippen LogP contribution in [0.15, 0.2) is 53.4 Å². The minimum atomic E-state index is -0.598. The van der Waals surface area contributed by atoms with E-state index >= 15 is 0 Å². The number of nitrogens with zero attached hydrogens (tertiary/aromatic N) is 1. The lowest BCUT2D eigenvalue weighted by molar-refractivity contribution is -0.127. The molecule has 1 saturated heterocycles. The standard InChI is InChI=1S/C18H14N2O5S/c21-12-7-5-11(6-8-12)9-15-17(24)20(18(25)26-15)10-16(23)19-13-3-1-2-4-14(13)22/h1-9,21-22H,10H2,(H,19,23)/b15-9-. The van der Waals surface area contributed by atoms with Crippen LogP contribution >= 0.6 is 11.8 Å². The molecule has 0 spiro atoms. The molecule has 0 unspecified atom stereocenters. The van der Waals surface area contributed by atoms with Crippen molar-refractivity contribution >= 4 is 40.6 Å². The summed E-state index contributed by atoms with van der Waals surface area (Å²) in [4.78, 5) is 37.6. The van der Waals surface area contributed by atoms with Crippen molar-refractivity contribution in [3.63, 3.8) is 0 Å². The first kappa shape index (κ1) is 17.6. The van der Waals surface area contributed by atoms with E-state index in [1.165, 1.54) is 30.3 Å². The van der Waals surface area contributed by atoms with Crippen molar-refractivity contribution in [1.29, 1.82) is 0 Å². The van der Waals surface area contributed by atoms with Crippen LogP contribution in [0, 0.1) is 0 Å². The van der Waals surface area contributed by atoms with E-state index in [0.29, 0.717) is 5.56 Å². The van der Waals surface area contributed by atoms with Gasteiger partial charge in [-0.1, -0.05) is 24.3 Å². The minimum absolute atomic E-state index is 0.0936. The summed E-state index contributed by atoms with van der Waals surface area (Å²) in [5.41, 5.74) is 0.844. The highest BCUT2D eigenvalue weighted by molar-refractivity contribution is 8.18. The van der Waals surface area contributed by atoms with Gasteiger partial charge >= 0.3 is 0 Å². The van der Waals surface area contributed by atoms with Crippen molar-refractivity contribution < 1.29 is 24.6 Å². The van der Waals surface area contributed by atoms with Crippen LogP contribution in [0.25, 0.3) is 6.08 Å². The van der Waals surface area contributed by atoms with Crippen molar-refractivity contribution in [3.8, 4) is 11.5 Å². The first-order valence-electron chi connectivity index (χ1n) is 7.56. The number of amides is 3. The zero-order valence-electron chi connectivity index (χ0n) is 13.4. The highest BCUT2D eigenvalue weighted by Gasteiger charge is 2.36. The summed E-state index contributed by atoms with van der Waals surface area (Å²) in [6, 6.07) is 12.3. The third-order valence-corrected chi connectivity index (χ3v) is 4.45. The monoisotopic (exact) mass is 370 g/mol. The summed E-state index contributed by atoms with van der Waals surface area (Å²) in [5.74, 6) is -1.18. The zero-order valence-corrected chi connectivity index (χ0v) is 14.2. The van der Waals surface area contributed by atoms with Crippen LogP contribution in [0.5, 0.6) is 11.5 Å². The highest BCUT2D eigenvalue weighted by Crippen LogP contribution is 2.32. The Bertz CT molecular complexity index is 908. The first-order valence-corrected chi connectivity index (χ1v) is 8.38. The molecule has 8 heteroatoms. The summed E-state index contributed by atoms with van der Waals surface area (Å²) in [6.45, 7) is -0.452. The summed E-state index contributed by atoms with van der Waals surface area (Å²) in [7, 11) is 0. The molecule has 1 aliphatic rings. The van der Waals surface area contributed by atoms with Gasteiger partial charge in [-0.3, -0.25) is 19.3 Å². The van der Waals surface area contributed by atoms with Crippen molar-refractivity contribution in [3.05, 3.63) is 59.0 Å². The van der Waals surface area contributed by atoms with Gasteiger partial charge in [0.1, 0.15) is 18.0 Å². The number of anilines is 1. The molecular weight excluding hydrogens is 356 g/mol. The lowest BCUT2D eigenvalue weighted by Gasteiger charge is -2.13. The van der Waals surface area contributed by atoms with E-state index in [9.17, 15) is 24.6 Å². The number of phenolic OH excluding ortho intramolecular Hbond substituents is 2. The molecule has 132 valence electrons. The van der Waals surface area contributed by atoms with E-state index in [0.717, 1.165) is 16.7 Å². The average Bonchev–Trinajstić information content (AvgIpc) is 2.86. The number of carbonyl (C=O) groups is 3. The number of rotatable bonds is 4. The zero-order chi connectivity index (χ0) is 18.7. The number of benzene rings is 2. The molecule has 2 aromatic rings. The Morgan fingerprint density at radius 1 is 1.08 bits per heavy atom. The molecule has 7 nitrogen and oxygen atoms in total. The van der Waals surface area contributed by atoms with Crippen LogP contribution in [0.2, 0.25) is 0 Å². The number of thioether (sulfide) groups is 1. The fourth-order valence-electron chi connectivity index (χ4n) is 2.27. The Morgan fingerprint density at radius 2 is 1.77 bits per heavy atom. The Hall–Kier alpha value is -3.26. The molecule has 0 bridgehead atoms. The van der Waals surface area contributed by atoms with Gasteiger partial charge in [-0.15, -0.1) is 0 Å². The number of aromatic hydroxyl groups is 2. The van der Waals surface area contributed by atoms with Crippen LogP contribution < -0.4 is 5.32 Å². The molecule has 1 fully saturated rings. The molecule has 0 aliphatic carbocycles. The molecule has 3 rings (SSSR count). The van der Waals surface area contributed by atoms with Crippen LogP contribution in [0.4, 0.5) is 10.5 Å². The number of nitrogens with one attached hydrogen (secondary N) is 1. The maximum atomic E-state index is 12.4. The van der Waals surface area contributed by atoms with Gasteiger partial charge in [0, 0.05) is 0 Å². The van der Waals surface area contributed by atoms with Gasteiger partial charge in [0.25, 0.3) is 11.1 Å². The third kappa shape index (κ3) is 3.86. The van der Waals surface area contributed by atoms with Crippen LogP contribution in [0.1, 0.15) is 5.56 Å². The summed E-state index contributed by atoms with van der Waals surface area (Å²) >= 11 is 0.739. The Labute approximate surface area is 152 Å². The van der Waals surface area contributed by atoms with E-state index in [1.807, 2.05) is 0 Å². The van der Waals surface area contributed by atoms with E-state index in [2.05, 4.69) is 5.32 Å². The number of para-hydroxylation sites is 2. The molecule has 0 saturated carbocycles. The van der Waals surface area contributed by atoms with Gasteiger partial charge < -0.3 is 15.5 Å². The van der Waals surface area contributed by atoms with Crippen molar-refractivity contribution in [2.45, 2.75) is 0 Å². The summed E-state index contributed by atoms with van der Waals surface area (Å²) in [5, 5.41) is 20.8. The van der Waals surface area contributed by atoms with E-state index in [1.54, 1.807) is 24.3 Å². The van der Waals surface area contributed by atoms with Gasteiger partial charge in [0.2, 0.25) is 5.91 Å². The van der Waals surface area contributed by atoms with Crippen LogP contribution in [-0.4, -0.2) is 38.7 Å². The highest BCUT2D eigenvalue weighted by atomic mass is 32.2. The third-order valence-electron chi connectivity index (χ3n) is 3.54. The maximum Gasteiger partial charge on any atom is 0.294 e. The minimum Gasteiger partial charge on any atom is -0.508 e. The van der Waals surface area contributed by atoms with Gasteiger partial charge in [0.15, 0.2) is 0 Å². The Kier molecular flexibility index (Phi) is 4.94. The molecule has 3 N–H and O–H groups in total. The fourth-order valence-corrected chi connectivity index (χ4v) is 3.11. The van der Waals surface area contributed by atoms with E-state index in [4.69, 9.17) is 0 Å². The molecule has 0 aromatic heterocycles. The quantitative estimate of drug-likeness (QED) is 0.564. The Balaban J connectivity index is 1.70. The second-order valence-electron chi connectivity index (χ2n) is 5.42. The second-order valence-corrected chi connectivity index (χ2v) is 6.42. The number of carbonyl (C=O) groups excluding carboxylic acids is 3. The molecule has 1 aliphatic heterocycles. The molecular formula is C18H14N2O5S.